The maximum Gasteiger partial charge on any atom is 0.390 e. The van der Waals surface area contributed by atoms with Crippen molar-refractivity contribution in [1.82, 2.24) is 24.2 Å². The van der Waals surface area contributed by atoms with E-state index in [4.69, 9.17) is 0 Å². The summed E-state index contributed by atoms with van der Waals surface area (Å²) in [5, 5.41) is 10.9. The number of nitrogens with one attached hydrogen (secondary N) is 1. The Morgan fingerprint density at radius 1 is 1.20 bits per heavy atom. The average Bonchev–Trinajstić information content (AvgIpc) is 3.27. The zero-order valence-corrected chi connectivity index (χ0v) is 23.5. The number of nitrogens with zero attached hydrogens (tertiary/aromatic N) is 5. The van der Waals surface area contributed by atoms with Crippen molar-refractivity contribution in [1.29, 1.82) is 0 Å². The molecule has 4 rings (SSSR count). The summed E-state index contributed by atoms with van der Waals surface area (Å²) in [6.07, 6.45) is 0.305. The Hall–Kier alpha value is -3.47. The molecule has 2 aromatic heterocycles. The zero-order chi connectivity index (χ0) is 29.1. The molecular weight excluding hydrogens is 521 g/mol. The first kappa shape index (κ1) is 29.5. The van der Waals surface area contributed by atoms with Crippen molar-refractivity contribution >= 4 is 11.6 Å². The predicted octanol–water partition coefficient (Wildman–Crippen LogP) is 4.93. The van der Waals surface area contributed by atoms with Gasteiger partial charge in [0.1, 0.15) is 17.7 Å². The van der Waals surface area contributed by atoms with Crippen LogP contribution in [-0.2, 0) is 32.0 Å². The van der Waals surface area contributed by atoms with Crippen LogP contribution in [-0.4, -0.2) is 49.4 Å². The molecule has 40 heavy (non-hydrogen) atoms. The van der Waals surface area contributed by atoms with Crippen molar-refractivity contribution < 1.29 is 18.0 Å². The lowest BCUT2D eigenvalue weighted by Gasteiger charge is -2.31. The first-order valence-electron chi connectivity index (χ1n) is 13.6. The first-order valence-corrected chi connectivity index (χ1v) is 13.6. The number of carbonyl (C=O) groups is 1. The van der Waals surface area contributed by atoms with Crippen molar-refractivity contribution in [3.8, 4) is 0 Å². The van der Waals surface area contributed by atoms with Crippen molar-refractivity contribution in [2.24, 2.45) is 13.0 Å². The smallest absolute Gasteiger partial charge is 0.322 e. The highest BCUT2D eigenvalue weighted by atomic mass is 19.4. The molecular formula is C29H37F3N6O2. The Morgan fingerprint density at radius 2 is 1.98 bits per heavy atom. The number of likely N-dealkylation sites (tertiary alicyclic amines) is 1. The summed E-state index contributed by atoms with van der Waals surface area (Å²) < 4.78 is 41.9. The highest BCUT2D eigenvalue weighted by Crippen LogP contribution is 2.29. The van der Waals surface area contributed by atoms with Crippen molar-refractivity contribution in [3.05, 3.63) is 75.7 Å². The summed E-state index contributed by atoms with van der Waals surface area (Å²) in [6, 6.07) is 8.86. The maximum atomic E-state index is 13.4. The van der Waals surface area contributed by atoms with E-state index in [9.17, 15) is 22.8 Å². The number of halogens is 3. The molecule has 0 radical (unpaired) electrons. The number of piperidine rings is 1. The van der Waals surface area contributed by atoms with Gasteiger partial charge in [0.05, 0.1) is 6.42 Å². The molecule has 1 atom stereocenters. The number of hydrogen-bond acceptors (Lipinski definition) is 5. The zero-order valence-electron chi connectivity index (χ0n) is 23.5. The van der Waals surface area contributed by atoms with Gasteiger partial charge in [0.25, 0.3) is 11.5 Å². The number of hydrogen-bond donors (Lipinski definition) is 1. The lowest BCUT2D eigenvalue weighted by molar-refractivity contribution is -0.136. The third kappa shape index (κ3) is 7.59. The van der Waals surface area contributed by atoms with Crippen LogP contribution in [0.1, 0.15) is 67.3 Å². The van der Waals surface area contributed by atoms with E-state index in [0.717, 1.165) is 41.9 Å². The largest absolute Gasteiger partial charge is 0.390 e. The second-order valence-electron chi connectivity index (χ2n) is 11.6. The van der Waals surface area contributed by atoms with Crippen LogP contribution in [0.3, 0.4) is 0 Å². The average molecular weight is 559 g/mol. The number of pyridine rings is 1. The van der Waals surface area contributed by atoms with Crippen LogP contribution in [0.2, 0.25) is 0 Å². The Bertz CT molecular complexity index is 1390. The number of anilines is 1. The normalized spacial score (nSPS) is 16.7. The number of aromatic nitrogens is 4. The van der Waals surface area contributed by atoms with Crippen LogP contribution in [0.25, 0.3) is 0 Å². The van der Waals surface area contributed by atoms with Gasteiger partial charge in [-0.1, -0.05) is 32.9 Å². The van der Waals surface area contributed by atoms with Crippen LogP contribution in [0, 0.1) is 5.92 Å². The van der Waals surface area contributed by atoms with E-state index in [-0.39, 0.29) is 11.0 Å². The minimum atomic E-state index is -4.42. The minimum absolute atomic E-state index is 0.173. The summed E-state index contributed by atoms with van der Waals surface area (Å²) in [4.78, 5) is 28.7. The third-order valence-electron chi connectivity index (χ3n) is 7.48. The van der Waals surface area contributed by atoms with Crippen molar-refractivity contribution in [2.75, 3.05) is 18.4 Å². The second-order valence-corrected chi connectivity index (χ2v) is 11.6. The van der Waals surface area contributed by atoms with Crippen LogP contribution in [0.4, 0.5) is 18.9 Å². The highest BCUT2D eigenvalue weighted by Gasteiger charge is 2.28. The summed E-state index contributed by atoms with van der Waals surface area (Å²) in [7, 11) is 1.88. The molecule has 0 bridgehead atoms. The lowest BCUT2D eigenvalue weighted by Crippen LogP contribution is -2.35. The third-order valence-corrected chi connectivity index (χ3v) is 7.48. The molecule has 1 aliphatic rings. The SMILES string of the molecule is C[C@H]1CCCN(Cc2cc(C(=O)Nc3cccc(C(C)(C)Cc4nncn4C)c3)c(=O)n(CCC(F)(F)F)c2)C1. The number of benzene rings is 1. The predicted molar refractivity (Wildman–Crippen MR) is 147 cm³/mol. The number of rotatable bonds is 9. The van der Waals surface area contributed by atoms with Gasteiger partial charge < -0.3 is 14.5 Å². The van der Waals surface area contributed by atoms with E-state index in [0.29, 0.717) is 30.1 Å². The van der Waals surface area contributed by atoms with Crippen LogP contribution < -0.4 is 10.9 Å². The molecule has 0 saturated carbocycles. The lowest BCUT2D eigenvalue weighted by atomic mass is 9.81. The van der Waals surface area contributed by atoms with Gasteiger partial charge in [-0.05, 0) is 60.0 Å². The van der Waals surface area contributed by atoms with Gasteiger partial charge >= 0.3 is 6.18 Å². The summed E-state index contributed by atoms with van der Waals surface area (Å²) in [5.74, 6) is 0.680. The van der Waals surface area contributed by atoms with Gasteiger partial charge in [0.2, 0.25) is 0 Å². The van der Waals surface area contributed by atoms with Crippen LogP contribution in [0.15, 0.2) is 47.7 Å². The van der Waals surface area contributed by atoms with E-state index in [1.165, 1.54) is 12.3 Å². The van der Waals surface area contributed by atoms with E-state index in [1.54, 1.807) is 12.4 Å². The molecule has 1 aliphatic heterocycles. The van der Waals surface area contributed by atoms with Crippen LogP contribution >= 0.6 is 0 Å². The monoisotopic (exact) mass is 558 g/mol. The van der Waals surface area contributed by atoms with Gasteiger partial charge in [-0.25, -0.2) is 0 Å². The van der Waals surface area contributed by atoms with Gasteiger partial charge in [0.15, 0.2) is 0 Å². The molecule has 8 nitrogen and oxygen atoms in total. The van der Waals surface area contributed by atoms with Gasteiger partial charge in [-0.3, -0.25) is 14.5 Å². The fourth-order valence-electron chi connectivity index (χ4n) is 5.23. The maximum absolute atomic E-state index is 13.4. The number of amides is 1. The van der Waals surface area contributed by atoms with Gasteiger partial charge in [-0.2, -0.15) is 13.2 Å². The molecule has 0 spiro atoms. The van der Waals surface area contributed by atoms with Crippen LogP contribution in [0.5, 0.6) is 0 Å². The summed E-state index contributed by atoms with van der Waals surface area (Å²) in [6.45, 7) is 7.93. The number of alkyl halides is 3. The summed E-state index contributed by atoms with van der Waals surface area (Å²) >= 11 is 0. The molecule has 3 aromatic rings. The van der Waals surface area contributed by atoms with Gasteiger partial charge in [-0.15, -0.1) is 10.2 Å². The van der Waals surface area contributed by atoms with E-state index in [1.807, 2.05) is 29.8 Å². The second kappa shape index (κ2) is 12.0. The quantitative estimate of drug-likeness (QED) is 0.403. The molecule has 1 fully saturated rings. The summed E-state index contributed by atoms with van der Waals surface area (Å²) in [5.41, 5.74) is 0.829. The van der Waals surface area contributed by atoms with Crippen molar-refractivity contribution in [3.63, 3.8) is 0 Å². The van der Waals surface area contributed by atoms with Crippen molar-refractivity contribution in [2.45, 2.75) is 71.1 Å². The Kier molecular flexibility index (Phi) is 8.82. The standard InChI is InChI=1S/C29H37F3N6O2/c1-20-7-6-11-37(16-20)17-21-13-24(27(40)38(18-21)12-10-29(30,31)32)26(39)34-23-9-5-8-22(14-23)28(2,3)15-25-35-33-19-36(25)4/h5,8-9,13-14,18-20H,6-7,10-12,15-17H2,1-4H3,(H,34,39)/t20-/m0/s1. The molecule has 1 N–H and O–H groups in total. The molecule has 3 heterocycles. The van der Waals surface area contributed by atoms with E-state index in [2.05, 4.69) is 41.2 Å². The molecule has 1 aromatic carbocycles. The Labute approximate surface area is 232 Å². The molecule has 1 saturated heterocycles. The highest BCUT2D eigenvalue weighted by molar-refractivity contribution is 6.04. The van der Waals surface area contributed by atoms with Gasteiger partial charge in [0, 0.05) is 45.0 Å². The number of aryl methyl sites for hydroxylation is 2. The van der Waals surface area contributed by atoms with E-state index < -0.39 is 30.6 Å². The minimum Gasteiger partial charge on any atom is -0.322 e. The fourth-order valence-corrected chi connectivity index (χ4v) is 5.23. The topological polar surface area (TPSA) is 85.1 Å². The molecule has 0 unspecified atom stereocenters. The Morgan fingerprint density at radius 3 is 2.65 bits per heavy atom. The Balaban J connectivity index is 1.59. The molecule has 216 valence electrons. The molecule has 0 aliphatic carbocycles. The molecule has 11 heteroatoms. The first-order chi connectivity index (χ1) is 18.8. The van der Waals surface area contributed by atoms with E-state index >= 15 is 0 Å². The number of carbonyl (C=O) groups excluding carboxylic acids is 1. The fraction of sp³-hybridized carbons (Fsp3) is 0.517. The molecule has 1 amide bonds.